The number of carbonyl (C=O) groups excluding carboxylic acids is 2. The molecule has 1 heterocycles. The van der Waals surface area contributed by atoms with Crippen molar-refractivity contribution >= 4 is 28.2 Å². The first-order valence-corrected chi connectivity index (χ1v) is 10.7. The van der Waals surface area contributed by atoms with Crippen molar-refractivity contribution in [2.45, 2.75) is 26.2 Å². The van der Waals surface area contributed by atoms with Gasteiger partial charge in [0, 0.05) is 10.4 Å². The molecule has 1 N–H and O–H groups in total. The number of para-hydroxylation sites is 1. The summed E-state index contributed by atoms with van der Waals surface area (Å²) in [5, 5.41) is 3.49. The minimum Gasteiger partial charge on any atom is -0.465 e. The van der Waals surface area contributed by atoms with Crippen LogP contribution < -0.4 is 10.1 Å². The minimum atomic E-state index is -0.399. The molecular weight excluding hydrogens is 398 g/mol. The van der Waals surface area contributed by atoms with Gasteiger partial charge in [-0.1, -0.05) is 25.1 Å². The molecule has 154 valence electrons. The van der Waals surface area contributed by atoms with Gasteiger partial charge in [-0.05, 0) is 67.1 Å². The molecule has 3 aromatic rings. The van der Waals surface area contributed by atoms with Gasteiger partial charge in [-0.15, -0.1) is 11.3 Å². The van der Waals surface area contributed by atoms with E-state index in [-0.39, 0.29) is 5.91 Å². The lowest BCUT2D eigenvalue weighted by Crippen LogP contribution is -2.16. The van der Waals surface area contributed by atoms with Crippen molar-refractivity contribution in [1.82, 2.24) is 0 Å². The highest BCUT2D eigenvalue weighted by atomic mass is 32.1. The van der Waals surface area contributed by atoms with Crippen molar-refractivity contribution in [2.75, 3.05) is 12.4 Å². The van der Waals surface area contributed by atoms with E-state index in [0.29, 0.717) is 27.8 Å². The highest BCUT2D eigenvalue weighted by molar-refractivity contribution is 7.17. The second-order valence-electron chi connectivity index (χ2n) is 7.44. The molecule has 0 saturated heterocycles. The van der Waals surface area contributed by atoms with E-state index in [2.05, 4.69) is 12.2 Å². The van der Waals surface area contributed by atoms with Crippen LogP contribution in [0.2, 0.25) is 0 Å². The average molecular weight is 422 g/mol. The number of rotatable bonds is 5. The fourth-order valence-electron chi connectivity index (χ4n) is 3.63. The zero-order valence-corrected chi connectivity index (χ0v) is 17.8. The number of methoxy groups -OCH3 is 1. The van der Waals surface area contributed by atoms with Crippen molar-refractivity contribution in [3.63, 3.8) is 0 Å². The van der Waals surface area contributed by atoms with Crippen LogP contribution in [0.1, 0.15) is 44.5 Å². The summed E-state index contributed by atoms with van der Waals surface area (Å²) in [6.45, 7) is 2.21. The van der Waals surface area contributed by atoms with Gasteiger partial charge in [0.15, 0.2) is 0 Å². The fourth-order valence-corrected chi connectivity index (χ4v) is 5.02. The third kappa shape index (κ3) is 4.24. The molecule has 2 aromatic carbocycles. The molecular formula is C24H23NO4S. The molecule has 5 nitrogen and oxygen atoms in total. The first-order chi connectivity index (χ1) is 14.5. The Hall–Kier alpha value is -3.12. The number of benzene rings is 2. The molecule has 0 bridgehead atoms. The van der Waals surface area contributed by atoms with Crippen LogP contribution >= 0.6 is 11.3 Å². The molecule has 1 atom stereocenters. The number of thiophene rings is 1. The fraction of sp³-hybridized carbons (Fsp3) is 0.250. The second-order valence-corrected chi connectivity index (χ2v) is 8.55. The minimum absolute atomic E-state index is 0.266. The number of carbonyl (C=O) groups is 2. The lowest BCUT2D eigenvalue weighted by Gasteiger charge is -2.18. The van der Waals surface area contributed by atoms with E-state index in [9.17, 15) is 9.59 Å². The van der Waals surface area contributed by atoms with Crippen molar-refractivity contribution in [3.05, 3.63) is 76.2 Å². The monoisotopic (exact) mass is 421 g/mol. The Kier molecular flexibility index (Phi) is 5.86. The maximum atomic E-state index is 12.8. The molecule has 0 fully saturated rings. The Morgan fingerprint density at radius 3 is 2.43 bits per heavy atom. The van der Waals surface area contributed by atoms with Crippen molar-refractivity contribution < 1.29 is 19.1 Å². The van der Waals surface area contributed by atoms with E-state index >= 15 is 0 Å². The summed E-state index contributed by atoms with van der Waals surface area (Å²) in [5.74, 6) is 1.29. The summed E-state index contributed by atoms with van der Waals surface area (Å²) in [5.41, 5.74) is 2.01. The van der Waals surface area contributed by atoms with E-state index in [0.717, 1.165) is 35.5 Å². The third-order valence-electron chi connectivity index (χ3n) is 5.22. The maximum absolute atomic E-state index is 12.8. The van der Waals surface area contributed by atoms with Gasteiger partial charge in [-0.2, -0.15) is 0 Å². The molecule has 1 unspecified atom stereocenters. The number of esters is 1. The summed E-state index contributed by atoms with van der Waals surface area (Å²) in [7, 11) is 1.37. The number of fused-ring (bicyclic) bond motifs is 1. The van der Waals surface area contributed by atoms with Crippen LogP contribution in [-0.4, -0.2) is 19.0 Å². The van der Waals surface area contributed by atoms with E-state index < -0.39 is 5.97 Å². The van der Waals surface area contributed by atoms with Gasteiger partial charge in [0.05, 0.1) is 12.7 Å². The largest absolute Gasteiger partial charge is 0.465 e. The SMILES string of the molecule is COC(=O)c1c(NC(=O)c2ccc(Oc3ccccc3)cc2)sc2c1CCC(C)C2. The Labute approximate surface area is 179 Å². The Bertz CT molecular complexity index is 1060. The van der Waals surface area contributed by atoms with Crippen LogP contribution in [0.5, 0.6) is 11.5 Å². The summed E-state index contributed by atoms with van der Waals surface area (Å²) >= 11 is 1.48. The summed E-state index contributed by atoms with van der Waals surface area (Å²) in [4.78, 5) is 26.4. The van der Waals surface area contributed by atoms with Crippen LogP contribution in [0.15, 0.2) is 54.6 Å². The lowest BCUT2D eigenvalue weighted by molar-refractivity contribution is 0.0601. The van der Waals surface area contributed by atoms with Gasteiger partial charge in [0.2, 0.25) is 0 Å². The first kappa shape index (κ1) is 20.2. The van der Waals surface area contributed by atoms with Gasteiger partial charge in [-0.3, -0.25) is 4.79 Å². The molecule has 1 aliphatic carbocycles. The lowest BCUT2D eigenvalue weighted by atomic mass is 9.88. The first-order valence-electron chi connectivity index (χ1n) is 9.92. The van der Waals surface area contributed by atoms with Crippen LogP contribution in [0, 0.1) is 5.92 Å². The smallest absolute Gasteiger partial charge is 0.341 e. The molecule has 0 spiro atoms. The quantitative estimate of drug-likeness (QED) is 0.537. The molecule has 4 rings (SSSR count). The van der Waals surface area contributed by atoms with Crippen molar-refractivity contribution in [2.24, 2.45) is 5.92 Å². The molecule has 30 heavy (non-hydrogen) atoms. The predicted molar refractivity (Wildman–Crippen MR) is 118 cm³/mol. The summed E-state index contributed by atoms with van der Waals surface area (Å²) in [6, 6.07) is 16.4. The van der Waals surface area contributed by atoms with Crippen LogP contribution in [0.4, 0.5) is 5.00 Å². The summed E-state index contributed by atoms with van der Waals surface area (Å²) < 4.78 is 10.8. The number of hydrogen-bond acceptors (Lipinski definition) is 5. The molecule has 1 aromatic heterocycles. The van der Waals surface area contributed by atoms with Crippen LogP contribution in [0.25, 0.3) is 0 Å². The number of ether oxygens (including phenoxy) is 2. The topological polar surface area (TPSA) is 64.6 Å². The Morgan fingerprint density at radius 2 is 1.73 bits per heavy atom. The van der Waals surface area contributed by atoms with Crippen LogP contribution in [-0.2, 0) is 17.6 Å². The molecule has 0 aliphatic heterocycles. The number of amides is 1. The normalized spacial score (nSPS) is 15.2. The van der Waals surface area contributed by atoms with E-state index in [1.165, 1.54) is 18.4 Å². The molecule has 1 amide bonds. The van der Waals surface area contributed by atoms with E-state index in [1.54, 1.807) is 24.3 Å². The number of hydrogen-bond donors (Lipinski definition) is 1. The molecule has 6 heteroatoms. The maximum Gasteiger partial charge on any atom is 0.341 e. The van der Waals surface area contributed by atoms with Crippen molar-refractivity contribution in [3.8, 4) is 11.5 Å². The average Bonchev–Trinajstić information content (AvgIpc) is 3.11. The molecule has 1 aliphatic rings. The predicted octanol–water partition coefficient (Wildman–Crippen LogP) is 5.70. The standard InChI is InChI=1S/C24H23NO4S/c1-15-8-13-19-20(14-15)30-23(21(19)24(27)28-2)25-22(26)16-9-11-18(12-10-16)29-17-6-4-3-5-7-17/h3-7,9-12,15H,8,13-14H2,1-2H3,(H,25,26). The van der Waals surface area contributed by atoms with Gasteiger partial charge in [0.25, 0.3) is 5.91 Å². The zero-order valence-electron chi connectivity index (χ0n) is 16.9. The van der Waals surface area contributed by atoms with Crippen molar-refractivity contribution in [1.29, 1.82) is 0 Å². The second kappa shape index (κ2) is 8.71. The highest BCUT2D eigenvalue weighted by Gasteiger charge is 2.29. The van der Waals surface area contributed by atoms with E-state index in [4.69, 9.17) is 9.47 Å². The zero-order chi connectivity index (χ0) is 21.1. The number of anilines is 1. The van der Waals surface area contributed by atoms with Gasteiger partial charge < -0.3 is 14.8 Å². The van der Waals surface area contributed by atoms with Gasteiger partial charge in [0.1, 0.15) is 16.5 Å². The highest BCUT2D eigenvalue weighted by Crippen LogP contribution is 2.40. The van der Waals surface area contributed by atoms with Gasteiger partial charge >= 0.3 is 5.97 Å². The van der Waals surface area contributed by atoms with Gasteiger partial charge in [-0.25, -0.2) is 4.79 Å². The van der Waals surface area contributed by atoms with E-state index in [1.807, 2.05) is 30.3 Å². The Morgan fingerprint density at radius 1 is 1.03 bits per heavy atom. The molecule has 0 radical (unpaired) electrons. The third-order valence-corrected chi connectivity index (χ3v) is 6.39. The Balaban J connectivity index is 1.53. The number of nitrogens with one attached hydrogen (secondary N) is 1. The molecule has 0 saturated carbocycles. The van der Waals surface area contributed by atoms with Crippen LogP contribution in [0.3, 0.4) is 0 Å². The summed E-state index contributed by atoms with van der Waals surface area (Å²) in [6.07, 6.45) is 2.79.